The minimum absolute atomic E-state index is 0.165. The molecule has 0 unspecified atom stereocenters. The summed E-state index contributed by atoms with van der Waals surface area (Å²) < 4.78 is 25.2. The molecule has 4 rings (SSSR count). The van der Waals surface area contributed by atoms with E-state index < -0.39 is 5.97 Å². The van der Waals surface area contributed by atoms with Crippen molar-refractivity contribution < 1.29 is 18.4 Å². The normalized spacial score (nSPS) is 10.9. The second kappa shape index (κ2) is 7.63. The number of carbonyl (C=O) groups is 1. The minimum Gasteiger partial charge on any atom is -0.452 e. The van der Waals surface area contributed by atoms with Gasteiger partial charge >= 0.3 is 5.97 Å². The summed E-state index contributed by atoms with van der Waals surface area (Å²) in [7, 11) is 0. The van der Waals surface area contributed by atoms with E-state index in [1.54, 1.807) is 55.2 Å². The summed E-state index contributed by atoms with van der Waals surface area (Å²) in [5, 5.41) is 8.22. The Balaban J connectivity index is 1.49. The lowest BCUT2D eigenvalue weighted by molar-refractivity contribution is 0.0428. The molecule has 146 valence electrons. The Hall–Kier alpha value is -3.88. The molecule has 4 aromatic rings. The molecule has 0 aliphatic rings. The molecule has 0 saturated heterocycles. The van der Waals surface area contributed by atoms with Gasteiger partial charge in [-0.2, -0.15) is 10.1 Å². The van der Waals surface area contributed by atoms with Crippen molar-refractivity contribution in [2.45, 2.75) is 20.5 Å². The highest BCUT2D eigenvalue weighted by Gasteiger charge is 2.22. The van der Waals surface area contributed by atoms with Crippen LogP contribution in [0.15, 0.2) is 53.3 Å². The monoisotopic (exact) mass is 393 g/mol. The van der Waals surface area contributed by atoms with E-state index in [4.69, 9.17) is 9.26 Å². The number of nitrogens with zero attached hydrogens (tertiary/aromatic N) is 5. The van der Waals surface area contributed by atoms with Crippen LogP contribution in [0.25, 0.3) is 17.1 Å². The summed E-state index contributed by atoms with van der Waals surface area (Å²) in [6.45, 7) is 3.27. The molecule has 0 aliphatic carbocycles. The Morgan fingerprint density at radius 3 is 2.72 bits per heavy atom. The fraction of sp³-hybridized carbons (Fsp3) is 0.150. The first-order valence-corrected chi connectivity index (χ1v) is 8.75. The van der Waals surface area contributed by atoms with Crippen LogP contribution in [0.4, 0.5) is 4.39 Å². The number of halogens is 1. The van der Waals surface area contributed by atoms with Gasteiger partial charge in [0.25, 0.3) is 5.89 Å². The van der Waals surface area contributed by atoms with E-state index >= 15 is 0 Å². The molecule has 9 heteroatoms. The summed E-state index contributed by atoms with van der Waals surface area (Å²) in [6, 6.07) is 9.39. The van der Waals surface area contributed by atoms with E-state index in [1.165, 1.54) is 12.1 Å². The van der Waals surface area contributed by atoms with Crippen molar-refractivity contribution in [2.24, 2.45) is 0 Å². The summed E-state index contributed by atoms with van der Waals surface area (Å²) in [5.74, 6) is -0.381. The smallest absolute Gasteiger partial charge is 0.342 e. The molecule has 0 saturated carbocycles. The quantitative estimate of drug-likeness (QED) is 0.479. The van der Waals surface area contributed by atoms with Crippen molar-refractivity contribution >= 4 is 5.97 Å². The first kappa shape index (κ1) is 18.5. The first-order chi connectivity index (χ1) is 14.0. The van der Waals surface area contributed by atoms with E-state index in [1.807, 2.05) is 0 Å². The number of esters is 1. The molecule has 3 aromatic heterocycles. The summed E-state index contributed by atoms with van der Waals surface area (Å²) in [5.41, 5.74) is 2.76. The van der Waals surface area contributed by atoms with Crippen molar-refractivity contribution in [1.29, 1.82) is 0 Å². The number of aromatic nitrogens is 5. The SMILES string of the molecule is Cc1nn(-c2ccc(F)cc2)c(C)c1C(=O)OCc1nc(-c2cccnc2)no1. The van der Waals surface area contributed by atoms with Gasteiger partial charge in [-0.15, -0.1) is 0 Å². The van der Waals surface area contributed by atoms with Crippen LogP contribution in [-0.4, -0.2) is 30.9 Å². The van der Waals surface area contributed by atoms with Gasteiger partial charge in [0.2, 0.25) is 5.82 Å². The van der Waals surface area contributed by atoms with Gasteiger partial charge in [0.1, 0.15) is 11.4 Å². The maximum Gasteiger partial charge on any atom is 0.342 e. The highest BCUT2D eigenvalue weighted by Crippen LogP contribution is 2.20. The van der Waals surface area contributed by atoms with Crippen LogP contribution in [-0.2, 0) is 11.3 Å². The Bertz CT molecular complexity index is 1150. The average molecular weight is 393 g/mol. The molecule has 0 aliphatic heterocycles. The fourth-order valence-corrected chi connectivity index (χ4v) is 2.90. The predicted molar refractivity (Wildman–Crippen MR) is 99.6 cm³/mol. The van der Waals surface area contributed by atoms with E-state index in [-0.39, 0.29) is 18.3 Å². The molecular formula is C20H16FN5O3. The van der Waals surface area contributed by atoms with Crippen molar-refractivity contribution in [1.82, 2.24) is 24.9 Å². The van der Waals surface area contributed by atoms with Crippen molar-refractivity contribution in [3.8, 4) is 17.1 Å². The largest absolute Gasteiger partial charge is 0.452 e. The zero-order valence-electron chi connectivity index (χ0n) is 15.7. The lowest BCUT2D eigenvalue weighted by Crippen LogP contribution is -2.08. The van der Waals surface area contributed by atoms with Crippen LogP contribution in [0.5, 0.6) is 0 Å². The fourth-order valence-electron chi connectivity index (χ4n) is 2.90. The van der Waals surface area contributed by atoms with E-state index in [2.05, 4.69) is 20.2 Å². The van der Waals surface area contributed by atoms with Gasteiger partial charge < -0.3 is 9.26 Å². The number of benzene rings is 1. The second-order valence-electron chi connectivity index (χ2n) is 6.26. The van der Waals surface area contributed by atoms with Crippen molar-refractivity contribution in [3.05, 3.63) is 77.5 Å². The van der Waals surface area contributed by atoms with Crippen LogP contribution < -0.4 is 0 Å². The minimum atomic E-state index is -0.561. The first-order valence-electron chi connectivity index (χ1n) is 8.75. The second-order valence-corrected chi connectivity index (χ2v) is 6.26. The molecule has 29 heavy (non-hydrogen) atoms. The maximum atomic E-state index is 13.2. The third-order valence-electron chi connectivity index (χ3n) is 4.28. The molecule has 0 radical (unpaired) electrons. The number of hydrogen-bond acceptors (Lipinski definition) is 7. The standard InChI is InChI=1S/C20H16FN5O3/c1-12-18(13(2)26(24-12)16-7-5-15(21)6-8-16)20(27)28-11-17-23-19(25-29-17)14-4-3-9-22-10-14/h3-10H,11H2,1-2H3. The van der Waals surface area contributed by atoms with Gasteiger partial charge in [-0.05, 0) is 50.2 Å². The van der Waals surface area contributed by atoms with Crippen LogP contribution in [0, 0.1) is 19.7 Å². The van der Waals surface area contributed by atoms with Crippen molar-refractivity contribution in [2.75, 3.05) is 0 Å². The lowest BCUT2D eigenvalue weighted by Gasteiger charge is -2.05. The van der Waals surface area contributed by atoms with Gasteiger partial charge in [-0.3, -0.25) is 4.98 Å². The highest BCUT2D eigenvalue weighted by molar-refractivity contribution is 5.92. The molecule has 0 amide bonds. The Kier molecular flexibility index (Phi) is 4.86. The molecule has 8 nitrogen and oxygen atoms in total. The molecule has 0 bridgehead atoms. The highest BCUT2D eigenvalue weighted by atomic mass is 19.1. The van der Waals surface area contributed by atoms with E-state index in [0.717, 1.165) is 0 Å². The van der Waals surface area contributed by atoms with Crippen LogP contribution in [0.3, 0.4) is 0 Å². The van der Waals surface area contributed by atoms with Gasteiger partial charge in [0, 0.05) is 18.0 Å². The molecule has 0 atom stereocenters. The van der Waals surface area contributed by atoms with Gasteiger partial charge in [-0.25, -0.2) is 13.9 Å². The number of aryl methyl sites for hydroxylation is 1. The summed E-state index contributed by atoms with van der Waals surface area (Å²) in [4.78, 5) is 20.8. The van der Waals surface area contributed by atoms with Gasteiger partial charge in [0.15, 0.2) is 6.61 Å². The zero-order valence-corrected chi connectivity index (χ0v) is 15.7. The topological polar surface area (TPSA) is 95.9 Å². The number of ether oxygens (including phenoxy) is 1. The van der Waals surface area contributed by atoms with Crippen molar-refractivity contribution in [3.63, 3.8) is 0 Å². The number of rotatable bonds is 5. The number of hydrogen-bond donors (Lipinski definition) is 0. The molecular weight excluding hydrogens is 377 g/mol. The Labute approximate surface area is 165 Å². The molecule has 0 N–H and O–H groups in total. The van der Waals surface area contributed by atoms with Crippen LogP contribution >= 0.6 is 0 Å². The zero-order chi connectivity index (χ0) is 20.4. The lowest BCUT2D eigenvalue weighted by atomic mass is 10.2. The van der Waals surface area contributed by atoms with Crippen LogP contribution in [0.1, 0.15) is 27.6 Å². The molecule has 0 fully saturated rings. The van der Waals surface area contributed by atoms with E-state index in [0.29, 0.717) is 34.0 Å². The Morgan fingerprint density at radius 1 is 1.21 bits per heavy atom. The third kappa shape index (κ3) is 3.75. The molecule has 0 spiro atoms. The number of carbonyl (C=O) groups excluding carboxylic acids is 1. The molecule has 3 heterocycles. The maximum absolute atomic E-state index is 13.2. The summed E-state index contributed by atoms with van der Waals surface area (Å²) >= 11 is 0. The Morgan fingerprint density at radius 2 is 2.00 bits per heavy atom. The van der Waals surface area contributed by atoms with E-state index in [9.17, 15) is 9.18 Å². The van der Waals surface area contributed by atoms with Gasteiger partial charge in [0.05, 0.1) is 17.1 Å². The third-order valence-corrected chi connectivity index (χ3v) is 4.28. The van der Waals surface area contributed by atoms with Gasteiger partial charge in [-0.1, -0.05) is 5.16 Å². The van der Waals surface area contributed by atoms with Crippen LogP contribution in [0.2, 0.25) is 0 Å². The number of pyridine rings is 1. The predicted octanol–water partition coefficient (Wildman–Crippen LogP) is 3.43. The summed E-state index contributed by atoms with van der Waals surface area (Å²) in [6.07, 6.45) is 3.25. The molecule has 1 aromatic carbocycles. The average Bonchev–Trinajstić information content (AvgIpc) is 3.32.